The highest BCUT2D eigenvalue weighted by atomic mass is 16.3. The van der Waals surface area contributed by atoms with Crippen molar-refractivity contribution < 1.29 is 14.7 Å². The summed E-state index contributed by atoms with van der Waals surface area (Å²) in [6, 6.07) is 10.5. The third-order valence-electron chi connectivity index (χ3n) is 4.34. The van der Waals surface area contributed by atoms with Gasteiger partial charge in [-0.1, -0.05) is 36.8 Å². The molecule has 5 heteroatoms. The summed E-state index contributed by atoms with van der Waals surface area (Å²) >= 11 is 0. The van der Waals surface area contributed by atoms with Crippen molar-refractivity contribution in [2.45, 2.75) is 25.3 Å². The zero-order valence-corrected chi connectivity index (χ0v) is 12.1. The van der Waals surface area contributed by atoms with Crippen molar-refractivity contribution in [2.24, 2.45) is 11.7 Å². The van der Waals surface area contributed by atoms with Crippen LogP contribution < -0.4 is 11.1 Å². The molecule has 2 aromatic rings. The lowest BCUT2D eigenvalue weighted by atomic mass is 10.0. The fraction of sp³-hybridized carbons (Fsp3) is 0.294. The quantitative estimate of drug-likeness (QED) is 0.808. The van der Waals surface area contributed by atoms with Gasteiger partial charge in [0.15, 0.2) is 0 Å². The van der Waals surface area contributed by atoms with E-state index in [0.29, 0.717) is 11.8 Å². The molecule has 2 atom stereocenters. The highest BCUT2D eigenvalue weighted by molar-refractivity contribution is 6.03. The Kier molecular flexibility index (Phi) is 3.71. The second-order valence-corrected chi connectivity index (χ2v) is 5.70. The highest BCUT2D eigenvalue weighted by Gasteiger charge is 2.33. The molecule has 2 aromatic carbocycles. The first-order valence-corrected chi connectivity index (χ1v) is 7.39. The van der Waals surface area contributed by atoms with Gasteiger partial charge in [0.2, 0.25) is 5.91 Å². The van der Waals surface area contributed by atoms with Gasteiger partial charge in [-0.15, -0.1) is 0 Å². The Morgan fingerprint density at radius 3 is 2.68 bits per heavy atom. The van der Waals surface area contributed by atoms with Crippen LogP contribution in [0, 0.1) is 5.92 Å². The zero-order chi connectivity index (χ0) is 15.7. The third kappa shape index (κ3) is 2.50. The summed E-state index contributed by atoms with van der Waals surface area (Å²) in [5.74, 6) is -1.12. The van der Waals surface area contributed by atoms with Gasteiger partial charge in [-0.05, 0) is 24.3 Å². The molecule has 1 saturated carbocycles. The molecule has 0 spiro atoms. The number of nitrogens with one attached hydrogen (secondary N) is 1. The maximum Gasteiger partial charge on any atom is 0.255 e. The lowest BCUT2D eigenvalue weighted by molar-refractivity contribution is -0.122. The summed E-state index contributed by atoms with van der Waals surface area (Å²) in [4.78, 5) is 23.8. The first-order valence-electron chi connectivity index (χ1n) is 7.39. The molecule has 0 radical (unpaired) electrons. The monoisotopic (exact) mass is 298 g/mol. The van der Waals surface area contributed by atoms with Gasteiger partial charge in [-0.3, -0.25) is 9.59 Å². The topological polar surface area (TPSA) is 92.4 Å². The van der Waals surface area contributed by atoms with Gasteiger partial charge < -0.3 is 16.2 Å². The van der Waals surface area contributed by atoms with E-state index in [9.17, 15) is 14.7 Å². The average Bonchev–Trinajstić information content (AvgIpc) is 2.96. The van der Waals surface area contributed by atoms with E-state index in [2.05, 4.69) is 5.32 Å². The lowest BCUT2D eigenvalue weighted by Gasteiger charge is -2.19. The van der Waals surface area contributed by atoms with Crippen LogP contribution in [0.4, 0.5) is 0 Å². The number of fused-ring (bicyclic) bond motifs is 1. The first-order chi connectivity index (χ1) is 10.6. The molecule has 1 fully saturated rings. The van der Waals surface area contributed by atoms with Crippen LogP contribution in [-0.4, -0.2) is 23.0 Å². The summed E-state index contributed by atoms with van der Waals surface area (Å²) in [5.41, 5.74) is 5.58. The van der Waals surface area contributed by atoms with Crippen LogP contribution in [0.15, 0.2) is 36.4 Å². The standard InChI is InChI=1S/C17H18N2O3/c18-16(21)12-6-3-7-14(12)19-17(22)13-9-8-10-4-1-2-5-11(10)15(13)20/h1-2,4-5,8-9,12,14,20H,3,6-7H2,(H2,18,21)(H,19,22). The molecule has 3 rings (SSSR count). The van der Waals surface area contributed by atoms with Gasteiger partial charge >= 0.3 is 0 Å². The molecule has 0 aromatic heterocycles. The number of hydrogen-bond donors (Lipinski definition) is 3. The summed E-state index contributed by atoms with van der Waals surface area (Å²) in [6.07, 6.45) is 2.29. The van der Waals surface area contributed by atoms with E-state index in [0.717, 1.165) is 18.2 Å². The van der Waals surface area contributed by atoms with E-state index < -0.39 is 0 Å². The summed E-state index contributed by atoms with van der Waals surface area (Å²) in [6.45, 7) is 0. The SMILES string of the molecule is NC(=O)C1CCCC1NC(=O)c1ccc2ccccc2c1O. The van der Waals surface area contributed by atoms with Crippen LogP contribution >= 0.6 is 0 Å². The molecule has 1 aliphatic carbocycles. The molecular weight excluding hydrogens is 280 g/mol. The second kappa shape index (κ2) is 5.67. The van der Waals surface area contributed by atoms with E-state index in [1.807, 2.05) is 18.2 Å². The molecule has 0 bridgehead atoms. The number of carbonyl (C=O) groups is 2. The van der Waals surface area contributed by atoms with Gasteiger partial charge in [-0.2, -0.15) is 0 Å². The van der Waals surface area contributed by atoms with Gasteiger partial charge in [0.1, 0.15) is 5.75 Å². The Morgan fingerprint density at radius 1 is 1.14 bits per heavy atom. The summed E-state index contributed by atoms with van der Waals surface area (Å²) < 4.78 is 0. The normalized spacial score (nSPS) is 20.9. The van der Waals surface area contributed by atoms with Crippen LogP contribution in [-0.2, 0) is 4.79 Å². The van der Waals surface area contributed by atoms with Crippen LogP contribution in [0.3, 0.4) is 0 Å². The van der Waals surface area contributed by atoms with Crippen molar-refractivity contribution in [3.8, 4) is 5.75 Å². The maximum atomic E-state index is 12.4. The summed E-state index contributed by atoms with van der Waals surface area (Å²) in [7, 11) is 0. The van der Waals surface area contributed by atoms with E-state index >= 15 is 0 Å². The van der Waals surface area contributed by atoms with Crippen LogP contribution in [0.2, 0.25) is 0 Å². The molecule has 0 heterocycles. The van der Waals surface area contributed by atoms with Crippen molar-refractivity contribution in [2.75, 3.05) is 0 Å². The van der Waals surface area contributed by atoms with Crippen molar-refractivity contribution in [1.29, 1.82) is 0 Å². The molecule has 0 aliphatic heterocycles. The molecular formula is C17H18N2O3. The van der Waals surface area contributed by atoms with Crippen molar-refractivity contribution >= 4 is 22.6 Å². The van der Waals surface area contributed by atoms with Crippen LogP contribution in [0.25, 0.3) is 10.8 Å². The molecule has 1 aliphatic rings. The van der Waals surface area contributed by atoms with Gasteiger partial charge in [-0.25, -0.2) is 0 Å². The lowest BCUT2D eigenvalue weighted by Crippen LogP contribution is -2.42. The Hall–Kier alpha value is -2.56. The Morgan fingerprint density at radius 2 is 1.91 bits per heavy atom. The van der Waals surface area contributed by atoms with Gasteiger partial charge in [0.25, 0.3) is 5.91 Å². The van der Waals surface area contributed by atoms with E-state index in [-0.39, 0.29) is 35.1 Å². The van der Waals surface area contributed by atoms with Crippen molar-refractivity contribution in [3.05, 3.63) is 42.0 Å². The number of carbonyl (C=O) groups excluding carboxylic acids is 2. The smallest absolute Gasteiger partial charge is 0.255 e. The number of hydrogen-bond acceptors (Lipinski definition) is 3. The maximum absolute atomic E-state index is 12.4. The summed E-state index contributed by atoms with van der Waals surface area (Å²) in [5, 5.41) is 14.6. The number of aromatic hydroxyl groups is 1. The molecule has 2 amide bonds. The first kappa shape index (κ1) is 14.4. The van der Waals surface area contributed by atoms with E-state index in [1.165, 1.54) is 0 Å². The van der Waals surface area contributed by atoms with Crippen LogP contribution in [0.1, 0.15) is 29.6 Å². The Bertz CT molecular complexity index is 742. The number of phenolic OH excluding ortho intramolecular Hbond substituents is 1. The fourth-order valence-corrected chi connectivity index (χ4v) is 3.16. The Labute approximate surface area is 128 Å². The molecule has 2 unspecified atom stereocenters. The molecule has 0 saturated heterocycles. The largest absolute Gasteiger partial charge is 0.506 e. The number of rotatable bonds is 3. The Balaban J connectivity index is 1.86. The van der Waals surface area contributed by atoms with Crippen molar-refractivity contribution in [1.82, 2.24) is 5.32 Å². The predicted molar refractivity (Wildman–Crippen MR) is 83.4 cm³/mol. The zero-order valence-electron chi connectivity index (χ0n) is 12.1. The molecule has 5 nitrogen and oxygen atoms in total. The van der Waals surface area contributed by atoms with Gasteiger partial charge in [0.05, 0.1) is 11.5 Å². The predicted octanol–water partition coefficient (Wildman–Crippen LogP) is 1.93. The minimum absolute atomic E-state index is 0.0378. The minimum Gasteiger partial charge on any atom is -0.506 e. The molecule has 22 heavy (non-hydrogen) atoms. The highest BCUT2D eigenvalue weighted by Crippen LogP contribution is 2.30. The molecule has 114 valence electrons. The number of amides is 2. The van der Waals surface area contributed by atoms with Crippen molar-refractivity contribution in [3.63, 3.8) is 0 Å². The second-order valence-electron chi connectivity index (χ2n) is 5.70. The molecule has 4 N–H and O–H groups in total. The third-order valence-corrected chi connectivity index (χ3v) is 4.34. The minimum atomic E-state index is -0.384. The van der Waals surface area contributed by atoms with Crippen LogP contribution in [0.5, 0.6) is 5.75 Å². The number of phenols is 1. The number of primary amides is 1. The van der Waals surface area contributed by atoms with Gasteiger partial charge in [0, 0.05) is 11.4 Å². The average molecular weight is 298 g/mol. The number of benzene rings is 2. The van der Waals surface area contributed by atoms with E-state index in [4.69, 9.17) is 5.73 Å². The van der Waals surface area contributed by atoms with E-state index in [1.54, 1.807) is 18.2 Å². The number of nitrogens with two attached hydrogens (primary N) is 1. The fourth-order valence-electron chi connectivity index (χ4n) is 3.16.